The highest BCUT2D eigenvalue weighted by Gasteiger charge is 2.34. The Kier molecular flexibility index (Phi) is 6.50. The van der Waals surface area contributed by atoms with Crippen LogP contribution >= 0.6 is 0 Å². The van der Waals surface area contributed by atoms with Gasteiger partial charge in [0.2, 0.25) is 10.0 Å². The monoisotopic (exact) mass is 439 g/mol. The standard InChI is InChI=1S/C22H27F2NO4S/c1-13-14(2)16(4)22(17(5)15(13)3)30(26,27)25-8-9-28-19(11-25)12-29-21-10-18(23)6-7-20(21)24/h6-7,10,19H,8-9,11-12H2,1-5H3. The third kappa shape index (κ3) is 4.22. The molecular weight excluding hydrogens is 412 g/mol. The van der Waals surface area contributed by atoms with Crippen LogP contribution in [0.2, 0.25) is 0 Å². The van der Waals surface area contributed by atoms with Crippen LogP contribution in [0.15, 0.2) is 23.1 Å². The maximum Gasteiger partial charge on any atom is 0.243 e. The second-order valence-corrected chi connectivity index (χ2v) is 9.57. The third-order valence-electron chi connectivity index (χ3n) is 5.95. The summed E-state index contributed by atoms with van der Waals surface area (Å²) < 4.78 is 66.4. The number of hydrogen-bond donors (Lipinski definition) is 0. The molecule has 0 bridgehead atoms. The molecule has 0 saturated carbocycles. The number of nitrogens with zero attached hydrogens (tertiary/aromatic N) is 1. The van der Waals surface area contributed by atoms with E-state index in [0.29, 0.717) is 4.90 Å². The van der Waals surface area contributed by atoms with Gasteiger partial charge in [0.1, 0.15) is 18.5 Å². The average molecular weight is 440 g/mol. The quantitative estimate of drug-likeness (QED) is 0.707. The summed E-state index contributed by atoms with van der Waals surface area (Å²) in [6.45, 7) is 9.91. The van der Waals surface area contributed by atoms with Crippen molar-refractivity contribution >= 4 is 10.0 Å². The molecular formula is C22H27F2NO4S. The van der Waals surface area contributed by atoms with Gasteiger partial charge < -0.3 is 9.47 Å². The molecule has 8 heteroatoms. The minimum absolute atomic E-state index is 0.0735. The summed E-state index contributed by atoms with van der Waals surface area (Å²) >= 11 is 0. The maximum absolute atomic E-state index is 13.8. The Bertz CT molecular complexity index is 1040. The lowest BCUT2D eigenvalue weighted by Gasteiger charge is -2.33. The van der Waals surface area contributed by atoms with E-state index in [4.69, 9.17) is 9.47 Å². The largest absolute Gasteiger partial charge is 0.488 e. The van der Waals surface area contributed by atoms with Crippen LogP contribution in [0.1, 0.15) is 27.8 Å². The van der Waals surface area contributed by atoms with Crippen LogP contribution in [0.5, 0.6) is 5.75 Å². The molecule has 1 fully saturated rings. The van der Waals surface area contributed by atoms with Crippen LogP contribution in [0, 0.1) is 46.3 Å². The predicted octanol–water partition coefficient (Wildman–Crippen LogP) is 3.98. The first-order chi connectivity index (χ1) is 14.0. The topological polar surface area (TPSA) is 55.8 Å². The molecule has 3 rings (SSSR count). The zero-order valence-electron chi connectivity index (χ0n) is 17.9. The summed E-state index contributed by atoms with van der Waals surface area (Å²) in [5.41, 5.74) is 4.51. The van der Waals surface area contributed by atoms with Crippen molar-refractivity contribution < 1.29 is 26.7 Å². The van der Waals surface area contributed by atoms with Crippen molar-refractivity contribution in [1.29, 1.82) is 0 Å². The molecule has 1 heterocycles. The molecule has 0 radical (unpaired) electrons. The van der Waals surface area contributed by atoms with E-state index in [2.05, 4.69) is 0 Å². The maximum atomic E-state index is 13.8. The van der Waals surface area contributed by atoms with E-state index in [1.807, 2.05) is 34.6 Å². The normalized spacial score (nSPS) is 17.9. The smallest absolute Gasteiger partial charge is 0.243 e. The molecule has 30 heavy (non-hydrogen) atoms. The first-order valence-corrected chi connectivity index (χ1v) is 11.2. The number of sulfonamides is 1. The molecule has 0 aliphatic carbocycles. The number of ether oxygens (including phenoxy) is 2. The van der Waals surface area contributed by atoms with E-state index >= 15 is 0 Å². The van der Waals surface area contributed by atoms with Crippen LogP contribution in [0.25, 0.3) is 0 Å². The Balaban J connectivity index is 1.82. The van der Waals surface area contributed by atoms with E-state index in [1.54, 1.807) is 0 Å². The molecule has 2 aromatic carbocycles. The van der Waals surface area contributed by atoms with Gasteiger partial charge in [-0.25, -0.2) is 17.2 Å². The molecule has 1 unspecified atom stereocenters. The lowest BCUT2D eigenvalue weighted by molar-refractivity contribution is -0.0255. The molecule has 1 aliphatic heterocycles. The van der Waals surface area contributed by atoms with Gasteiger partial charge >= 0.3 is 0 Å². The van der Waals surface area contributed by atoms with Gasteiger partial charge in [0, 0.05) is 19.2 Å². The summed E-state index contributed by atoms with van der Waals surface area (Å²) in [5, 5.41) is 0. The van der Waals surface area contributed by atoms with E-state index in [1.165, 1.54) is 4.31 Å². The number of morpholine rings is 1. The first kappa shape index (κ1) is 22.7. The molecule has 0 spiro atoms. The summed E-state index contributed by atoms with van der Waals surface area (Å²) in [6.07, 6.45) is -0.593. The van der Waals surface area contributed by atoms with E-state index in [0.717, 1.165) is 46.0 Å². The van der Waals surface area contributed by atoms with Crippen molar-refractivity contribution in [1.82, 2.24) is 4.31 Å². The Labute approximate surface area is 176 Å². The van der Waals surface area contributed by atoms with Gasteiger partial charge in [-0.2, -0.15) is 4.31 Å². The SMILES string of the molecule is Cc1c(C)c(C)c(S(=O)(=O)N2CCOC(COc3cc(F)ccc3F)C2)c(C)c1C. The van der Waals surface area contributed by atoms with Crippen LogP contribution in [0.4, 0.5) is 8.78 Å². The minimum atomic E-state index is -3.75. The molecule has 5 nitrogen and oxygen atoms in total. The fourth-order valence-corrected chi connectivity index (χ4v) is 5.78. The highest BCUT2D eigenvalue weighted by atomic mass is 32.2. The summed E-state index contributed by atoms with van der Waals surface area (Å²) in [7, 11) is -3.75. The van der Waals surface area contributed by atoms with Gasteiger partial charge in [-0.15, -0.1) is 0 Å². The summed E-state index contributed by atoms with van der Waals surface area (Å²) in [5.74, 6) is -1.53. The van der Waals surface area contributed by atoms with Crippen molar-refractivity contribution in [2.45, 2.75) is 45.6 Å². The van der Waals surface area contributed by atoms with Gasteiger partial charge in [-0.05, 0) is 74.6 Å². The Hall–Kier alpha value is -2.03. The highest BCUT2D eigenvalue weighted by molar-refractivity contribution is 7.89. The van der Waals surface area contributed by atoms with Crippen LogP contribution in [-0.2, 0) is 14.8 Å². The second kappa shape index (κ2) is 8.61. The van der Waals surface area contributed by atoms with Gasteiger partial charge in [0.15, 0.2) is 11.6 Å². The molecule has 164 valence electrons. The van der Waals surface area contributed by atoms with Crippen molar-refractivity contribution in [3.63, 3.8) is 0 Å². The lowest BCUT2D eigenvalue weighted by Crippen LogP contribution is -2.47. The predicted molar refractivity (Wildman–Crippen MR) is 110 cm³/mol. The molecule has 0 aromatic heterocycles. The zero-order valence-corrected chi connectivity index (χ0v) is 18.7. The fraction of sp³-hybridized carbons (Fsp3) is 0.455. The Morgan fingerprint density at radius 1 is 1.03 bits per heavy atom. The molecule has 0 N–H and O–H groups in total. The summed E-state index contributed by atoms with van der Waals surface area (Å²) in [6, 6.07) is 2.94. The molecule has 1 atom stereocenters. The molecule has 0 amide bonds. The van der Waals surface area contributed by atoms with Gasteiger partial charge in [-0.1, -0.05) is 0 Å². The van der Waals surface area contributed by atoms with E-state index in [-0.39, 0.29) is 32.1 Å². The highest BCUT2D eigenvalue weighted by Crippen LogP contribution is 2.32. The van der Waals surface area contributed by atoms with Crippen molar-refractivity contribution in [2.24, 2.45) is 0 Å². The van der Waals surface area contributed by atoms with E-state index in [9.17, 15) is 17.2 Å². The van der Waals surface area contributed by atoms with Gasteiger partial charge in [-0.3, -0.25) is 0 Å². The Morgan fingerprint density at radius 3 is 2.27 bits per heavy atom. The first-order valence-electron chi connectivity index (χ1n) is 9.80. The van der Waals surface area contributed by atoms with Crippen LogP contribution < -0.4 is 4.74 Å². The molecule has 1 saturated heterocycles. The number of rotatable bonds is 5. The van der Waals surface area contributed by atoms with Gasteiger partial charge in [0.05, 0.1) is 11.5 Å². The Morgan fingerprint density at radius 2 is 1.63 bits per heavy atom. The van der Waals surface area contributed by atoms with Crippen molar-refractivity contribution in [3.05, 3.63) is 57.7 Å². The average Bonchev–Trinajstić information content (AvgIpc) is 2.71. The van der Waals surface area contributed by atoms with Crippen LogP contribution in [0.3, 0.4) is 0 Å². The second-order valence-electron chi connectivity index (χ2n) is 7.70. The van der Waals surface area contributed by atoms with Crippen LogP contribution in [-0.4, -0.2) is 45.1 Å². The minimum Gasteiger partial charge on any atom is -0.488 e. The molecule has 2 aromatic rings. The number of hydrogen-bond acceptors (Lipinski definition) is 4. The third-order valence-corrected chi connectivity index (χ3v) is 8.09. The number of halogens is 2. The van der Waals surface area contributed by atoms with Crippen molar-refractivity contribution in [2.75, 3.05) is 26.3 Å². The summed E-state index contributed by atoms with van der Waals surface area (Å²) in [4.78, 5) is 0.334. The number of benzene rings is 2. The van der Waals surface area contributed by atoms with Crippen molar-refractivity contribution in [3.8, 4) is 5.75 Å². The van der Waals surface area contributed by atoms with Gasteiger partial charge in [0.25, 0.3) is 0 Å². The fourth-order valence-electron chi connectivity index (χ4n) is 3.76. The zero-order chi connectivity index (χ0) is 22.2. The molecule has 1 aliphatic rings. The lowest BCUT2D eigenvalue weighted by atomic mass is 9.95. The van der Waals surface area contributed by atoms with E-state index < -0.39 is 27.8 Å².